The fourth-order valence-corrected chi connectivity index (χ4v) is 4.31. The third-order valence-corrected chi connectivity index (χ3v) is 5.41. The van der Waals surface area contributed by atoms with E-state index < -0.39 is 0 Å². The Labute approximate surface area is 149 Å². The molecule has 0 aliphatic rings. The van der Waals surface area contributed by atoms with Gasteiger partial charge in [-0.1, -0.05) is 30.0 Å². The quantitative estimate of drug-likeness (QED) is 0.481. The molecule has 0 saturated heterocycles. The normalized spacial score (nSPS) is 11.3. The number of thiophene rings is 1. The molecule has 0 spiro atoms. The van der Waals surface area contributed by atoms with E-state index in [-0.39, 0.29) is 17.8 Å². The van der Waals surface area contributed by atoms with Gasteiger partial charge < -0.3 is 4.74 Å². The number of benzene rings is 1. The number of ether oxygens (including phenoxy) is 1. The Morgan fingerprint density at radius 2 is 2.12 bits per heavy atom. The summed E-state index contributed by atoms with van der Waals surface area (Å²) in [7, 11) is 0. The van der Waals surface area contributed by atoms with Crippen molar-refractivity contribution in [1.29, 1.82) is 0 Å². The van der Waals surface area contributed by atoms with Crippen molar-refractivity contribution in [3.05, 3.63) is 29.6 Å². The zero-order valence-corrected chi connectivity index (χ0v) is 15.5. The average molecular weight is 361 g/mol. The van der Waals surface area contributed by atoms with Crippen LogP contribution in [-0.2, 0) is 9.53 Å². The summed E-state index contributed by atoms with van der Waals surface area (Å²) in [5.41, 5.74) is 1.08. The van der Waals surface area contributed by atoms with Crippen LogP contribution in [0.5, 0.6) is 0 Å². The SMILES string of the molecule is CCOC(=O)CSc1nnc(-c2csc3ccccc23)n1C(C)C. The van der Waals surface area contributed by atoms with Crippen LogP contribution in [0.3, 0.4) is 0 Å². The van der Waals surface area contributed by atoms with Crippen LogP contribution >= 0.6 is 23.1 Å². The first kappa shape index (κ1) is 17.0. The monoisotopic (exact) mass is 361 g/mol. The number of fused-ring (bicyclic) bond motifs is 1. The molecule has 0 radical (unpaired) electrons. The number of rotatable bonds is 6. The molecule has 0 amide bonds. The van der Waals surface area contributed by atoms with E-state index in [4.69, 9.17) is 4.74 Å². The van der Waals surface area contributed by atoms with Gasteiger partial charge in [0.1, 0.15) is 0 Å². The molecule has 5 nitrogen and oxygen atoms in total. The minimum absolute atomic E-state index is 0.193. The number of aromatic nitrogens is 3. The third-order valence-electron chi connectivity index (χ3n) is 3.53. The lowest BCUT2D eigenvalue weighted by Gasteiger charge is -2.13. The molecule has 0 aliphatic carbocycles. The van der Waals surface area contributed by atoms with Gasteiger partial charge in [0.15, 0.2) is 11.0 Å². The summed E-state index contributed by atoms with van der Waals surface area (Å²) in [6, 6.07) is 8.47. The van der Waals surface area contributed by atoms with E-state index in [1.807, 2.05) is 12.1 Å². The molecule has 0 fully saturated rings. The number of esters is 1. The van der Waals surface area contributed by atoms with E-state index in [1.54, 1.807) is 18.3 Å². The van der Waals surface area contributed by atoms with E-state index >= 15 is 0 Å². The summed E-state index contributed by atoms with van der Waals surface area (Å²) in [5.74, 6) is 0.848. The molecule has 0 saturated carbocycles. The Kier molecular flexibility index (Phi) is 5.20. The second-order valence-electron chi connectivity index (χ2n) is 5.51. The highest BCUT2D eigenvalue weighted by atomic mass is 32.2. The van der Waals surface area contributed by atoms with Gasteiger partial charge in [0.05, 0.1) is 12.4 Å². The van der Waals surface area contributed by atoms with Gasteiger partial charge in [-0.05, 0) is 26.8 Å². The highest BCUT2D eigenvalue weighted by molar-refractivity contribution is 7.99. The van der Waals surface area contributed by atoms with E-state index in [0.717, 1.165) is 16.5 Å². The smallest absolute Gasteiger partial charge is 0.316 e. The molecular formula is C17H19N3O2S2. The number of thioether (sulfide) groups is 1. The zero-order chi connectivity index (χ0) is 17.1. The summed E-state index contributed by atoms with van der Waals surface area (Å²) in [6.45, 7) is 6.38. The minimum Gasteiger partial charge on any atom is -0.465 e. The van der Waals surface area contributed by atoms with Gasteiger partial charge in [0, 0.05) is 27.1 Å². The predicted octanol–water partition coefficient (Wildman–Crippen LogP) is 4.40. The van der Waals surface area contributed by atoms with Crippen LogP contribution < -0.4 is 0 Å². The van der Waals surface area contributed by atoms with Gasteiger partial charge in [-0.3, -0.25) is 9.36 Å². The van der Waals surface area contributed by atoms with Gasteiger partial charge in [-0.15, -0.1) is 21.5 Å². The van der Waals surface area contributed by atoms with Crippen molar-refractivity contribution in [3.63, 3.8) is 0 Å². The summed E-state index contributed by atoms with van der Waals surface area (Å²) in [6.07, 6.45) is 0. The van der Waals surface area contributed by atoms with Crippen LogP contribution in [0.4, 0.5) is 0 Å². The Balaban J connectivity index is 1.96. The standard InChI is InChI=1S/C17H19N3O2S2/c1-4-22-15(21)10-24-17-19-18-16(20(17)11(2)3)13-9-23-14-8-6-5-7-12(13)14/h5-9,11H,4,10H2,1-3H3. The van der Waals surface area contributed by atoms with E-state index in [1.165, 1.54) is 21.8 Å². The van der Waals surface area contributed by atoms with E-state index in [2.05, 4.69) is 46.1 Å². The first-order valence-electron chi connectivity index (χ1n) is 7.81. The van der Waals surface area contributed by atoms with Crippen molar-refractivity contribution < 1.29 is 9.53 Å². The van der Waals surface area contributed by atoms with Crippen molar-refractivity contribution in [2.45, 2.75) is 32.0 Å². The molecule has 0 unspecified atom stereocenters. The molecule has 2 aromatic heterocycles. The first-order valence-corrected chi connectivity index (χ1v) is 9.68. The Morgan fingerprint density at radius 1 is 1.33 bits per heavy atom. The summed E-state index contributed by atoms with van der Waals surface area (Å²) >= 11 is 3.07. The predicted molar refractivity (Wildman–Crippen MR) is 98.6 cm³/mol. The fraction of sp³-hybridized carbons (Fsp3) is 0.353. The maximum atomic E-state index is 11.6. The maximum absolute atomic E-state index is 11.6. The number of hydrogen-bond acceptors (Lipinski definition) is 6. The Morgan fingerprint density at radius 3 is 2.88 bits per heavy atom. The van der Waals surface area contributed by atoms with Crippen LogP contribution in [0.25, 0.3) is 21.5 Å². The van der Waals surface area contributed by atoms with Gasteiger partial charge in [-0.2, -0.15) is 0 Å². The van der Waals surface area contributed by atoms with Crippen molar-refractivity contribution >= 4 is 39.2 Å². The van der Waals surface area contributed by atoms with Gasteiger partial charge in [0.2, 0.25) is 0 Å². The van der Waals surface area contributed by atoms with Crippen molar-refractivity contribution in [3.8, 4) is 11.4 Å². The van der Waals surface area contributed by atoms with Crippen LogP contribution in [0.1, 0.15) is 26.8 Å². The largest absolute Gasteiger partial charge is 0.465 e. The molecule has 7 heteroatoms. The summed E-state index contributed by atoms with van der Waals surface area (Å²) < 4.78 is 8.30. The molecular weight excluding hydrogens is 342 g/mol. The van der Waals surface area contributed by atoms with E-state index in [9.17, 15) is 4.79 Å². The lowest BCUT2D eigenvalue weighted by Crippen LogP contribution is -2.09. The van der Waals surface area contributed by atoms with Crippen molar-refractivity contribution in [2.24, 2.45) is 0 Å². The number of nitrogens with zero attached hydrogens (tertiary/aromatic N) is 3. The highest BCUT2D eigenvalue weighted by Gasteiger charge is 2.20. The molecule has 24 heavy (non-hydrogen) atoms. The van der Waals surface area contributed by atoms with Gasteiger partial charge >= 0.3 is 5.97 Å². The minimum atomic E-state index is -0.233. The second kappa shape index (κ2) is 7.36. The lowest BCUT2D eigenvalue weighted by atomic mass is 10.1. The Hall–Kier alpha value is -1.86. The van der Waals surface area contributed by atoms with Crippen molar-refractivity contribution in [1.82, 2.24) is 14.8 Å². The Bertz CT molecular complexity index is 855. The molecule has 0 N–H and O–H groups in total. The second-order valence-corrected chi connectivity index (χ2v) is 7.36. The molecule has 0 atom stereocenters. The van der Waals surface area contributed by atoms with Crippen LogP contribution in [0, 0.1) is 0 Å². The maximum Gasteiger partial charge on any atom is 0.316 e. The first-order chi connectivity index (χ1) is 11.6. The van der Waals surface area contributed by atoms with Crippen LogP contribution in [0.15, 0.2) is 34.8 Å². The number of carbonyl (C=O) groups is 1. The third kappa shape index (κ3) is 3.32. The van der Waals surface area contributed by atoms with Gasteiger partial charge in [-0.25, -0.2) is 0 Å². The zero-order valence-electron chi connectivity index (χ0n) is 13.9. The number of carbonyl (C=O) groups excluding carboxylic acids is 1. The van der Waals surface area contributed by atoms with E-state index in [0.29, 0.717) is 6.61 Å². The summed E-state index contributed by atoms with van der Waals surface area (Å²) in [5, 5.41) is 12.7. The molecule has 1 aromatic carbocycles. The highest BCUT2D eigenvalue weighted by Crippen LogP contribution is 2.35. The molecule has 2 heterocycles. The molecule has 0 aliphatic heterocycles. The van der Waals surface area contributed by atoms with Crippen LogP contribution in [0.2, 0.25) is 0 Å². The summed E-state index contributed by atoms with van der Waals surface area (Å²) in [4.78, 5) is 11.6. The average Bonchev–Trinajstić information content (AvgIpc) is 3.16. The van der Waals surface area contributed by atoms with Gasteiger partial charge in [0.25, 0.3) is 0 Å². The lowest BCUT2D eigenvalue weighted by molar-refractivity contribution is -0.139. The van der Waals surface area contributed by atoms with Crippen molar-refractivity contribution in [2.75, 3.05) is 12.4 Å². The molecule has 3 aromatic rings. The molecule has 3 rings (SSSR count). The topological polar surface area (TPSA) is 57.0 Å². The van der Waals surface area contributed by atoms with Crippen LogP contribution in [-0.4, -0.2) is 33.1 Å². The number of hydrogen-bond donors (Lipinski definition) is 0. The molecule has 126 valence electrons. The molecule has 0 bridgehead atoms. The fourth-order valence-electron chi connectivity index (χ4n) is 2.50.